The lowest BCUT2D eigenvalue weighted by atomic mass is 10.1. The molecule has 2 aliphatic heterocycles. The third-order valence-electron chi connectivity index (χ3n) is 5.05. The number of likely N-dealkylation sites (tertiary alicyclic amines) is 1. The number of rotatable bonds is 9. The second kappa shape index (κ2) is 11.8. The topological polar surface area (TPSA) is 102 Å². The predicted octanol–water partition coefficient (Wildman–Crippen LogP) is 1.29. The van der Waals surface area contributed by atoms with Crippen LogP contribution >= 0.6 is 11.8 Å². The summed E-state index contributed by atoms with van der Waals surface area (Å²) in [6, 6.07) is -0.249. The summed E-state index contributed by atoms with van der Waals surface area (Å²) in [7, 11) is 0. The Morgan fingerprint density at radius 1 is 1.14 bits per heavy atom. The largest absolute Gasteiger partial charge is 0.339 e. The minimum absolute atomic E-state index is 0.0653. The summed E-state index contributed by atoms with van der Waals surface area (Å²) in [6.07, 6.45) is 4.52. The molecule has 0 radical (unpaired) electrons. The average molecular weight is 426 g/mol. The number of imide groups is 1. The molecule has 2 fully saturated rings. The molecule has 10 heteroatoms. The van der Waals surface area contributed by atoms with E-state index < -0.39 is 0 Å². The molecular weight excluding hydrogens is 394 g/mol. The van der Waals surface area contributed by atoms with Gasteiger partial charge in [0.2, 0.25) is 17.7 Å². The lowest BCUT2D eigenvalue weighted by Crippen LogP contribution is -2.52. The van der Waals surface area contributed by atoms with Gasteiger partial charge in [0.15, 0.2) is 0 Å². The Morgan fingerprint density at radius 2 is 1.83 bits per heavy atom. The number of urea groups is 1. The van der Waals surface area contributed by atoms with E-state index in [4.69, 9.17) is 0 Å². The number of amides is 5. The zero-order valence-electron chi connectivity index (χ0n) is 17.3. The fourth-order valence-corrected chi connectivity index (χ4v) is 4.38. The molecule has 0 saturated carbocycles. The number of nitrogens with one attached hydrogen (secondary N) is 1. The summed E-state index contributed by atoms with van der Waals surface area (Å²) >= 11 is 1.53. The van der Waals surface area contributed by atoms with E-state index in [1.54, 1.807) is 16.7 Å². The number of carbonyl (C=O) groups excluding carboxylic acids is 4. The minimum Gasteiger partial charge on any atom is -0.339 e. The SMILES string of the molecule is C/C=N/NC(=O)N1CCN(C(=O)CCCCCN2C(=O)CC(SCC)C2=O)CC1. The van der Waals surface area contributed by atoms with Crippen molar-refractivity contribution < 1.29 is 19.2 Å². The molecule has 0 bridgehead atoms. The van der Waals surface area contributed by atoms with Crippen LogP contribution < -0.4 is 5.43 Å². The Balaban J connectivity index is 1.60. The number of thioether (sulfide) groups is 1. The summed E-state index contributed by atoms with van der Waals surface area (Å²) in [5.41, 5.74) is 2.43. The Kier molecular flexibility index (Phi) is 9.43. The summed E-state index contributed by atoms with van der Waals surface area (Å²) in [5, 5.41) is 3.50. The molecule has 0 aromatic carbocycles. The molecule has 2 heterocycles. The summed E-state index contributed by atoms with van der Waals surface area (Å²) in [6.45, 7) is 6.18. The highest BCUT2D eigenvalue weighted by molar-refractivity contribution is 8.00. The number of piperazine rings is 1. The van der Waals surface area contributed by atoms with E-state index in [1.165, 1.54) is 22.9 Å². The van der Waals surface area contributed by atoms with E-state index in [0.717, 1.165) is 25.0 Å². The number of hydrogen-bond donors (Lipinski definition) is 1. The average Bonchev–Trinajstić information content (AvgIpc) is 2.99. The molecule has 2 rings (SSSR count). The summed E-state index contributed by atoms with van der Waals surface area (Å²) in [5.74, 6) is 0.767. The molecule has 0 aromatic heterocycles. The maximum atomic E-state index is 12.3. The van der Waals surface area contributed by atoms with Crippen LogP contribution in [-0.4, -0.2) is 88.4 Å². The van der Waals surface area contributed by atoms with Gasteiger partial charge in [-0.3, -0.25) is 19.3 Å². The van der Waals surface area contributed by atoms with Crippen LogP contribution in [0.2, 0.25) is 0 Å². The van der Waals surface area contributed by atoms with Gasteiger partial charge in [-0.1, -0.05) is 13.3 Å². The van der Waals surface area contributed by atoms with Crippen molar-refractivity contribution in [2.24, 2.45) is 5.10 Å². The first-order valence-corrected chi connectivity index (χ1v) is 11.3. The third-order valence-corrected chi connectivity index (χ3v) is 6.16. The van der Waals surface area contributed by atoms with Gasteiger partial charge < -0.3 is 9.80 Å². The maximum Gasteiger partial charge on any atom is 0.337 e. The maximum absolute atomic E-state index is 12.3. The molecule has 1 N–H and O–H groups in total. The van der Waals surface area contributed by atoms with Crippen molar-refractivity contribution in [3.05, 3.63) is 0 Å². The van der Waals surface area contributed by atoms with Crippen LogP contribution in [0.4, 0.5) is 4.79 Å². The Morgan fingerprint density at radius 3 is 2.48 bits per heavy atom. The fraction of sp³-hybridized carbons (Fsp3) is 0.737. The molecule has 1 unspecified atom stereocenters. The third kappa shape index (κ3) is 6.73. The molecule has 29 heavy (non-hydrogen) atoms. The standard InChI is InChI=1S/C19H31N5O4S/c1-3-20-21-19(28)23-12-10-22(11-13-23)16(25)8-6-5-7-9-24-17(26)14-15(18(24)27)29-4-2/h3,15H,4-14H2,1-2H3,(H,21,28)/b20-3+. The number of carbonyl (C=O) groups is 4. The van der Waals surface area contributed by atoms with Crippen molar-refractivity contribution >= 4 is 41.7 Å². The van der Waals surface area contributed by atoms with E-state index in [-0.39, 0.29) is 29.0 Å². The number of nitrogens with zero attached hydrogens (tertiary/aromatic N) is 4. The Bertz CT molecular complexity index is 634. The zero-order chi connectivity index (χ0) is 21.2. The molecule has 162 valence electrons. The van der Waals surface area contributed by atoms with Gasteiger partial charge in [-0.15, -0.1) is 11.8 Å². The van der Waals surface area contributed by atoms with Crippen LogP contribution in [0.25, 0.3) is 0 Å². The van der Waals surface area contributed by atoms with Crippen LogP contribution in [0, 0.1) is 0 Å². The predicted molar refractivity (Wildman–Crippen MR) is 113 cm³/mol. The van der Waals surface area contributed by atoms with Gasteiger partial charge in [0.05, 0.1) is 5.25 Å². The first-order valence-electron chi connectivity index (χ1n) is 10.2. The van der Waals surface area contributed by atoms with Crippen molar-refractivity contribution in [1.29, 1.82) is 0 Å². The van der Waals surface area contributed by atoms with Crippen molar-refractivity contribution in [2.75, 3.05) is 38.5 Å². The summed E-state index contributed by atoms with van der Waals surface area (Å²) < 4.78 is 0. The van der Waals surface area contributed by atoms with E-state index in [2.05, 4.69) is 10.5 Å². The van der Waals surface area contributed by atoms with Gasteiger partial charge in [0.25, 0.3) is 0 Å². The van der Waals surface area contributed by atoms with Gasteiger partial charge in [0.1, 0.15) is 0 Å². The monoisotopic (exact) mass is 425 g/mol. The molecule has 0 aromatic rings. The van der Waals surface area contributed by atoms with Crippen LogP contribution in [0.3, 0.4) is 0 Å². The summed E-state index contributed by atoms with van der Waals surface area (Å²) in [4.78, 5) is 53.2. The second-order valence-corrected chi connectivity index (χ2v) is 8.49. The highest BCUT2D eigenvalue weighted by Gasteiger charge is 2.37. The van der Waals surface area contributed by atoms with Crippen LogP contribution in [0.15, 0.2) is 5.10 Å². The minimum atomic E-state index is -0.249. The van der Waals surface area contributed by atoms with Crippen LogP contribution in [0.5, 0.6) is 0 Å². The first-order chi connectivity index (χ1) is 14.0. The molecule has 0 spiro atoms. The molecule has 0 aliphatic carbocycles. The van der Waals surface area contributed by atoms with Crippen molar-refractivity contribution in [1.82, 2.24) is 20.1 Å². The van der Waals surface area contributed by atoms with E-state index in [1.807, 2.05) is 6.92 Å². The highest BCUT2D eigenvalue weighted by Crippen LogP contribution is 2.25. The van der Waals surface area contributed by atoms with Gasteiger partial charge in [0, 0.05) is 51.8 Å². The molecule has 9 nitrogen and oxygen atoms in total. The Hall–Kier alpha value is -2.10. The number of hydrazone groups is 1. The van der Waals surface area contributed by atoms with Crippen molar-refractivity contribution in [2.45, 2.75) is 51.2 Å². The quantitative estimate of drug-likeness (QED) is 0.260. The van der Waals surface area contributed by atoms with E-state index in [0.29, 0.717) is 45.6 Å². The lowest BCUT2D eigenvalue weighted by Gasteiger charge is -2.34. The van der Waals surface area contributed by atoms with Gasteiger partial charge >= 0.3 is 6.03 Å². The lowest BCUT2D eigenvalue weighted by molar-refractivity contribution is -0.138. The van der Waals surface area contributed by atoms with Crippen LogP contribution in [0.1, 0.15) is 46.0 Å². The van der Waals surface area contributed by atoms with E-state index in [9.17, 15) is 19.2 Å². The Labute approximate surface area is 176 Å². The highest BCUT2D eigenvalue weighted by atomic mass is 32.2. The first kappa shape index (κ1) is 23.2. The molecule has 1 atom stereocenters. The molecule has 5 amide bonds. The number of hydrogen-bond acceptors (Lipinski definition) is 6. The molecule has 2 aliphatic rings. The van der Waals surface area contributed by atoms with Gasteiger partial charge in [-0.25, -0.2) is 10.2 Å². The second-order valence-electron chi connectivity index (χ2n) is 7.01. The normalized spacial score (nSPS) is 20.1. The van der Waals surface area contributed by atoms with Crippen LogP contribution in [-0.2, 0) is 14.4 Å². The number of unbranched alkanes of at least 4 members (excludes halogenated alkanes) is 2. The van der Waals surface area contributed by atoms with Crippen molar-refractivity contribution in [3.63, 3.8) is 0 Å². The molecule has 2 saturated heterocycles. The van der Waals surface area contributed by atoms with Crippen molar-refractivity contribution in [3.8, 4) is 0 Å². The smallest absolute Gasteiger partial charge is 0.337 e. The van der Waals surface area contributed by atoms with Gasteiger partial charge in [-0.2, -0.15) is 5.10 Å². The fourth-order valence-electron chi connectivity index (χ4n) is 3.45. The van der Waals surface area contributed by atoms with E-state index >= 15 is 0 Å². The molecular formula is C19H31N5O4S. The van der Waals surface area contributed by atoms with Gasteiger partial charge in [-0.05, 0) is 25.5 Å². The zero-order valence-corrected chi connectivity index (χ0v) is 18.1.